The third-order valence-electron chi connectivity index (χ3n) is 2.23. The Morgan fingerprint density at radius 2 is 2.00 bits per heavy atom. The zero-order chi connectivity index (χ0) is 13.8. The summed E-state index contributed by atoms with van der Waals surface area (Å²) in [6, 6.07) is 0. The third-order valence-corrected chi connectivity index (χ3v) is 2.23. The van der Waals surface area contributed by atoms with Gasteiger partial charge in [-0.05, 0) is 19.3 Å². The van der Waals surface area contributed by atoms with Crippen LogP contribution < -0.4 is 0 Å². The number of nitro groups is 1. The quantitative estimate of drug-likeness (QED) is 0.345. The van der Waals surface area contributed by atoms with Crippen LogP contribution in [-0.2, 0) is 12.7 Å². The Balaban J connectivity index is 2.80. The Bertz CT molecular complexity index is 416. The Hall–Kier alpha value is -1.67. The van der Waals surface area contributed by atoms with E-state index in [1.165, 1.54) is 0 Å². The van der Waals surface area contributed by atoms with Crippen LogP contribution in [0, 0.1) is 10.1 Å². The summed E-state index contributed by atoms with van der Waals surface area (Å²) in [5.41, 5.74) is -2.56. The average molecular weight is 269 g/mol. The number of hydrogen-bond donors (Lipinski definition) is 0. The summed E-state index contributed by atoms with van der Waals surface area (Å²) in [6.07, 6.45) is -2.88. The number of hydrogen-bond acceptors (Lipinski definition) is 3. The number of unbranched alkanes of at least 4 members (excludes halogenated alkanes) is 2. The van der Waals surface area contributed by atoms with Crippen molar-refractivity contribution in [1.82, 2.24) is 9.78 Å². The van der Waals surface area contributed by atoms with E-state index in [-0.39, 0.29) is 6.54 Å². The van der Waals surface area contributed by atoms with Crippen molar-refractivity contribution in [3.05, 3.63) is 22.0 Å². The molecular formula is C9H11F4N3O2. The molecule has 1 heterocycles. The van der Waals surface area contributed by atoms with Crippen LogP contribution in [0.5, 0.6) is 0 Å². The van der Waals surface area contributed by atoms with Gasteiger partial charge in [-0.25, -0.2) is 0 Å². The van der Waals surface area contributed by atoms with Crippen LogP contribution in [0.1, 0.15) is 25.0 Å². The van der Waals surface area contributed by atoms with Gasteiger partial charge in [0.25, 0.3) is 0 Å². The van der Waals surface area contributed by atoms with Crippen molar-refractivity contribution < 1.29 is 22.5 Å². The first kappa shape index (κ1) is 14.4. The van der Waals surface area contributed by atoms with Crippen LogP contribution in [0.2, 0.25) is 0 Å². The summed E-state index contributed by atoms with van der Waals surface area (Å²) in [5.74, 6) is 0. The van der Waals surface area contributed by atoms with Crippen molar-refractivity contribution in [2.24, 2.45) is 0 Å². The van der Waals surface area contributed by atoms with Crippen LogP contribution in [0.3, 0.4) is 0 Å². The predicted octanol–water partition coefficient (Wildman–Crippen LogP) is 2.95. The molecule has 18 heavy (non-hydrogen) atoms. The topological polar surface area (TPSA) is 61.0 Å². The maximum atomic E-state index is 12.4. The molecule has 0 aliphatic heterocycles. The smallest absolute Gasteiger partial charge is 0.265 e. The molecule has 0 spiro atoms. The maximum Gasteiger partial charge on any atom is 0.442 e. The second-order valence-corrected chi connectivity index (χ2v) is 3.63. The lowest BCUT2D eigenvalue weighted by molar-refractivity contribution is -0.388. The molecule has 0 saturated carbocycles. The van der Waals surface area contributed by atoms with Crippen LogP contribution >= 0.6 is 0 Å². The molecule has 0 aliphatic carbocycles. The molecule has 9 heteroatoms. The zero-order valence-electron chi connectivity index (χ0n) is 9.28. The highest BCUT2D eigenvalue weighted by Gasteiger charge is 2.42. The van der Waals surface area contributed by atoms with E-state index < -0.39 is 29.2 Å². The minimum atomic E-state index is -4.85. The molecular weight excluding hydrogens is 258 g/mol. The van der Waals surface area contributed by atoms with Gasteiger partial charge in [-0.3, -0.25) is 19.2 Å². The van der Waals surface area contributed by atoms with Gasteiger partial charge in [-0.15, -0.1) is 0 Å². The molecule has 102 valence electrons. The monoisotopic (exact) mass is 269 g/mol. The van der Waals surface area contributed by atoms with E-state index in [1.807, 2.05) is 0 Å². The lowest BCUT2D eigenvalue weighted by atomic mass is 10.2. The van der Waals surface area contributed by atoms with Crippen molar-refractivity contribution in [3.63, 3.8) is 0 Å². The van der Waals surface area contributed by atoms with Crippen molar-refractivity contribution in [1.29, 1.82) is 0 Å². The fourth-order valence-electron chi connectivity index (χ4n) is 1.41. The van der Waals surface area contributed by atoms with E-state index >= 15 is 0 Å². The number of alkyl halides is 4. The SMILES string of the molecule is O=[N+]([O-])c1cn(CCCCCF)nc1C(F)(F)F. The molecule has 0 fully saturated rings. The van der Waals surface area contributed by atoms with Crippen molar-refractivity contribution in [2.45, 2.75) is 32.0 Å². The number of rotatable bonds is 6. The van der Waals surface area contributed by atoms with Crippen molar-refractivity contribution in [2.75, 3.05) is 6.67 Å². The lowest BCUT2D eigenvalue weighted by Gasteiger charge is -2.01. The molecule has 0 bridgehead atoms. The summed E-state index contributed by atoms with van der Waals surface area (Å²) in [5, 5.41) is 13.6. The molecule has 1 rings (SSSR count). The van der Waals surface area contributed by atoms with E-state index in [4.69, 9.17) is 0 Å². The molecule has 0 unspecified atom stereocenters. The van der Waals surface area contributed by atoms with Gasteiger partial charge < -0.3 is 0 Å². The second-order valence-electron chi connectivity index (χ2n) is 3.63. The first-order valence-electron chi connectivity index (χ1n) is 5.21. The summed E-state index contributed by atoms with van der Waals surface area (Å²) in [7, 11) is 0. The standard InChI is InChI=1S/C9H11F4N3O2/c10-4-2-1-3-5-15-6-7(16(17)18)8(14-15)9(11,12)13/h6H,1-5H2. The van der Waals surface area contributed by atoms with Gasteiger partial charge in [-0.1, -0.05) is 0 Å². The number of nitrogens with zero attached hydrogens (tertiary/aromatic N) is 3. The molecule has 0 amide bonds. The van der Waals surface area contributed by atoms with Gasteiger partial charge in [0.1, 0.15) is 6.20 Å². The fraction of sp³-hybridized carbons (Fsp3) is 0.667. The van der Waals surface area contributed by atoms with Gasteiger partial charge in [0.2, 0.25) is 5.69 Å². The Morgan fingerprint density at radius 1 is 1.33 bits per heavy atom. The maximum absolute atomic E-state index is 12.4. The van der Waals surface area contributed by atoms with Crippen molar-refractivity contribution in [3.8, 4) is 0 Å². The first-order valence-corrected chi connectivity index (χ1v) is 5.21. The number of aryl methyl sites for hydroxylation is 1. The largest absolute Gasteiger partial charge is 0.442 e. The van der Waals surface area contributed by atoms with Gasteiger partial charge in [0.15, 0.2) is 0 Å². The molecule has 5 nitrogen and oxygen atoms in total. The van der Waals surface area contributed by atoms with E-state index in [0.29, 0.717) is 19.3 Å². The zero-order valence-corrected chi connectivity index (χ0v) is 9.28. The molecule has 1 aromatic rings. The van der Waals surface area contributed by atoms with Crippen LogP contribution in [0.4, 0.5) is 23.2 Å². The first-order chi connectivity index (χ1) is 8.36. The molecule has 0 atom stereocenters. The summed E-state index contributed by atoms with van der Waals surface area (Å²) in [6.45, 7) is -0.399. The summed E-state index contributed by atoms with van der Waals surface area (Å²) < 4.78 is 50.0. The highest BCUT2D eigenvalue weighted by atomic mass is 19.4. The van der Waals surface area contributed by atoms with Gasteiger partial charge in [0.05, 0.1) is 11.6 Å². The van der Waals surface area contributed by atoms with Gasteiger partial charge in [-0.2, -0.15) is 18.3 Å². The van der Waals surface area contributed by atoms with E-state index in [1.54, 1.807) is 0 Å². The van der Waals surface area contributed by atoms with E-state index in [2.05, 4.69) is 5.10 Å². The highest BCUT2D eigenvalue weighted by molar-refractivity contribution is 5.34. The van der Waals surface area contributed by atoms with Crippen molar-refractivity contribution >= 4 is 5.69 Å². The van der Waals surface area contributed by atoms with Crippen LogP contribution in [0.15, 0.2) is 6.20 Å². The lowest BCUT2D eigenvalue weighted by Crippen LogP contribution is -2.10. The molecule has 0 saturated heterocycles. The molecule has 0 radical (unpaired) electrons. The number of aromatic nitrogens is 2. The molecule has 0 aliphatic rings. The van der Waals surface area contributed by atoms with Gasteiger partial charge in [0, 0.05) is 6.54 Å². The minimum absolute atomic E-state index is 0.0942. The Morgan fingerprint density at radius 3 is 2.44 bits per heavy atom. The molecule has 0 N–H and O–H groups in total. The van der Waals surface area contributed by atoms with Crippen LogP contribution in [-0.4, -0.2) is 21.4 Å². The highest BCUT2D eigenvalue weighted by Crippen LogP contribution is 2.34. The van der Waals surface area contributed by atoms with Gasteiger partial charge >= 0.3 is 11.9 Å². The number of halogens is 4. The predicted molar refractivity (Wildman–Crippen MR) is 53.7 cm³/mol. The fourth-order valence-corrected chi connectivity index (χ4v) is 1.41. The molecule has 1 aromatic heterocycles. The Kier molecular flexibility index (Phi) is 4.62. The summed E-state index contributed by atoms with van der Waals surface area (Å²) in [4.78, 5) is 9.34. The third kappa shape index (κ3) is 3.67. The normalized spacial score (nSPS) is 11.8. The summed E-state index contributed by atoms with van der Waals surface area (Å²) >= 11 is 0. The Labute approximate surface area is 99.5 Å². The average Bonchev–Trinajstić information content (AvgIpc) is 2.68. The van der Waals surface area contributed by atoms with E-state index in [9.17, 15) is 27.7 Å². The van der Waals surface area contributed by atoms with Crippen LogP contribution in [0.25, 0.3) is 0 Å². The molecule has 0 aromatic carbocycles. The second kappa shape index (κ2) is 5.78. The minimum Gasteiger partial charge on any atom is -0.265 e. The van der Waals surface area contributed by atoms with E-state index in [0.717, 1.165) is 10.9 Å².